The highest BCUT2D eigenvalue weighted by atomic mass is 32.1. The second-order valence-corrected chi connectivity index (χ2v) is 5.70. The number of rotatable bonds is 5. The van der Waals surface area contributed by atoms with Gasteiger partial charge in [0.2, 0.25) is 5.78 Å². The monoisotopic (exact) mass is 340 g/mol. The summed E-state index contributed by atoms with van der Waals surface area (Å²) in [4.78, 5) is 12.7. The van der Waals surface area contributed by atoms with Gasteiger partial charge in [0.25, 0.3) is 5.79 Å². The van der Waals surface area contributed by atoms with Crippen LogP contribution in [0.5, 0.6) is 0 Å². The topological polar surface area (TPSA) is 35.5 Å². The number of hydrogen-bond acceptors (Lipinski definition) is 4. The van der Waals surface area contributed by atoms with Crippen molar-refractivity contribution in [3.05, 3.63) is 94.7 Å². The lowest BCUT2D eigenvalue weighted by molar-refractivity contribution is -0.176. The van der Waals surface area contributed by atoms with E-state index in [0.717, 1.165) is 0 Å². The fourth-order valence-corrected chi connectivity index (χ4v) is 2.75. The summed E-state index contributed by atoms with van der Waals surface area (Å²) in [6, 6.07) is 22.2. The van der Waals surface area contributed by atoms with Crippen LogP contribution < -0.4 is 0 Å². The molecule has 24 heavy (non-hydrogen) atoms. The molecule has 0 fully saturated rings. The Labute approximate surface area is 146 Å². The zero-order valence-corrected chi connectivity index (χ0v) is 14.5. The molecule has 1 aromatic heterocycles. The summed E-state index contributed by atoms with van der Waals surface area (Å²) in [6.07, 6.45) is 0. The molecule has 0 aliphatic heterocycles. The fourth-order valence-electron chi connectivity index (χ4n) is 2.30. The molecule has 0 amide bonds. The van der Waals surface area contributed by atoms with Gasteiger partial charge in [-0.25, -0.2) is 0 Å². The summed E-state index contributed by atoms with van der Waals surface area (Å²) in [5, 5.41) is 4.08. The normalized spacial score (nSPS) is 10.6. The van der Waals surface area contributed by atoms with Crippen LogP contribution in [0.15, 0.2) is 83.6 Å². The lowest BCUT2D eigenvalue weighted by Gasteiger charge is -2.29. The van der Waals surface area contributed by atoms with Crippen molar-refractivity contribution in [3.8, 4) is 0 Å². The average molecular weight is 340 g/mol. The summed E-state index contributed by atoms with van der Waals surface area (Å²) in [5.41, 5.74) is 1.23. The van der Waals surface area contributed by atoms with Crippen molar-refractivity contribution < 1.29 is 14.3 Å². The third kappa shape index (κ3) is 4.17. The molecular formula is C20H20O3S. The Morgan fingerprint density at radius 1 is 0.792 bits per heavy atom. The van der Waals surface area contributed by atoms with E-state index in [-0.39, 0.29) is 5.78 Å². The first-order chi connectivity index (χ1) is 11.7. The quantitative estimate of drug-likeness (QED) is 0.496. The number of benzene rings is 2. The Bertz CT molecular complexity index is 688. The molecule has 0 spiro atoms. The lowest BCUT2D eigenvalue weighted by atomic mass is 9.96. The smallest absolute Gasteiger partial charge is 0.260 e. The van der Waals surface area contributed by atoms with Crippen molar-refractivity contribution in [1.82, 2.24) is 0 Å². The second-order valence-electron chi connectivity index (χ2n) is 4.88. The summed E-state index contributed by atoms with van der Waals surface area (Å²) in [7, 11) is 2.94. The molecule has 0 aliphatic rings. The molecule has 0 aliphatic carbocycles. The Hall–Kier alpha value is -2.27. The highest BCUT2D eigenvalue weighted by Gasteiger charge is 2.41. The predicted octanol–water partition coefficient (Wildman–Crippen LogP) is 4.76. The van der Waals surface area contributed by atoms with Crippen LogP contribution in [0.1, 0.15) is 15.9 Å². The van der Waals surface area contributed by atoms with E-state index in [1.54, 1.807) is 23.5 Å². The Morgan fingerprint density at radius 3 is 1.71 bits per heavy atom. The summed E-state index contributed by atoms with van der Waals surface area (Å²) in [6.45, 7) is 0. The van der Waals surface area contributed by atoms with Crippen molar-refractivity contribution in [2.45, 2.75) is 5.79 Å². The number of hydrogen-bond donors (Lipinski definition) is 0. The molecule has 3 rings (SSSR count). The molecule has 124 valence electrons. The number of ketones is 1. The molecule has 0 bridgehead atoms. The molecule has 0 atom stereocenters. The molecular weight excluding hydrogens is 320 g/mol. The van der Waals surface area contributed by atoms with E-state index in [0.29, 0.717) is 11.1 Å². The first-order valence-electron chi connectivity index (χ1n) is 7.47. The number of methoxy groups -OCH3 is 2. The molecule has 4 heteroatoms. The largest absolute Gasteiger partial charge is 0.343 e. The van der Waals surface area contributed by atoms with Crippen molar-refractivity contribution in [3.63, 3.8) is 0 Å². The Morgan fingerprint density at radius 2 is 1.29 bits per heavy atom. The van der Waals surface area contributed by atoms with Gasteiger partial charge in [0.05, 0.1) is 0 Å². The third-order valence-corrected chi connectivity index (χ3v) is 4.12. The van der Waals surface area contributed by atoms with Crippen LogP contribution in [-0.4, -0.2) is 20.0 Å². The van der Waals surface area contributed by atoms with E-state index >= 15 is 0 Å². The Kier molecular flexibility index (Phi) is 6.88. The maximum atomic E-state index is 12.7. The van der Waals surface area contributed by atoms with Crippen molar-refractivity contribution >= 4 is 17.1 Å². The van der Waals surface area contributed by atoms with Crippen LogP contribution >= 0.6 is 11.3 Å². The molecule has 0 unspecified atom stereocenters. The second kappa shape index (κ2) is 9.13. The van der Waals surface area contributed by atoms with Crippen LogP contribution in [0.3, 0.4) is 0 Å². The maximum absolute atomic E-state index is 12.7. The van der Waals surface area contributed by atoms with Crippen LogP contribution in [0.2, 0.25) is 0 Å². The molecule has 0 saturated heterocycles. The fraction of sp³-hybridized carbons (Fsp3) is 0.150. The van der Waals surface area contributed by atoms with E-state index < -0.39 is 5.79 Å². The van der Waals surface area contributed by atoms with Crippen LogP contribution in [-0.2, 0) is 15.3 Å². The molecule has 0 N–H and O–H groups in total. The minimum atomic E-state index is -1.40. The van der Waals surface area contributed by atoms with Gasteiger partial charge in [0, 0.05) is 25.3 Å². The minimum absolute atomic E-state index is 0.218. The first kappa shape index (κ1) is 18.1. The van der Waals surface area contributed by atoms with Crippen molar-refractivity contribution in [2.75, 3.05) is 14.2 Å². The summed E-state index contributed by atoms with van der Waals surface area (Å²) < 4.78 is 10.8. The molecule has 3 aromatic rings. The van der Waals surface area contributed by atoms with Gasteiger partial charge < -0.3 is 9.47 Å². The van der Waals surface area contributed by atoms with Gasteiger partial charge in [-0.15, -0.1) is 0 Å². The third-order valence-electron chi connectivity index (χ3n) is 3.49. The molecule has 2 aromatic carbocycles. The van der Waals surface area contributed by atoms with E-state index in [4.69, 9.17) is 9.47 Å². The number of thiophene rings is 1. The first-order valence-corrected chi connectivity index (χ1v) is 8.41. The number of ether oxygens (including phenoxy) is 2. The van der Waals surface area contributed by atoms with Gasteiger partial charge in [-0.05, 0) is 10.8 Å². The lowest BCUT2D eigenvalue weighted by Crippen LogP contribution is -2.39. The highest BCUT2D eigenvalue weighted by Crippen LogP contribution is 2.30. The van der Waals surface area contributed by atoms with E-state index in [2.05, 4.69) is 0 Å². The SMILES string of the molecule is COC(OC)(C(=O)c1ccccc1)c1ccccc1.c1ccsc1. The summed E-state index contributed by atoms with van der Waals surface area (Å²) >= 11 is 1.71. The van der Waals surface area contributed by atoms with Crippen LogP contribution in [0.25, 0.3) is 0 Å². The van der Waals surface area contributed by atoms with Crippen LogP contribution in [0.4, 0.5) is 0 Å². The Balaban J connectivity index is 0.000000355. The van der Waals surface area contributed by atoms with Crippen molar-refractivity contribution in [1.29, 1.82) is 0 Å². The van der Waals surface area contributed by atoms with Gasteiger partial charge in [0.1, 0.15) is 0 Å². The highest BCUT2D eigenvalue weighted by molar-refractivity contribution is 7.07. The number of carbonyl (C=O) groups excluding carboxylic acids is 1. The average Bonchev–Trinajstić information content (AvgIpc) is 3.25. The molecule has 3 nitrogen and oxygen atoms in total. The van der Waals surface area contributed by atoms with Crippen LogP contribution in [0, 0.1) is 0 Å². The molecule has 1 heterocycles. The zero-order chi connectivity index (χ0) is 17.3. The molecule has 0 radical (unpaired) electrons. The van der Waals surface area contributed by atoms with E-state index in [9.17, 15) is 4.79 Å². The standard InChI is InChI=1S/C16H16O3.C4H4S/c1-18-16(19-2,14-11-7-4-8-12-14)15(17)13-9-5-3-6-10-13;1-2-4-5-3-1/h3-12H,1-2H3;1-4H. The van der Waals surface area contributed by atoms with Gasteiger partial charge >= 0.3 is 0 Å². The number of Topliss-reactive ketones (excluding diaryl/α,β-unsaturated/α-hetero) is 1. The predicted molar refractivity (Wildman–Crippen MR) is 97.2 cm³/mol. The minimum Gasteiger partial charge on any atom is -0.343 e. The van der Waals surface area contributed by atoms with Gasteiger partial charge in [-0.3, -0.25) is 4.79 Å². The maximum Gasteiger partial charge on any atom is 0.260 e. The molecule has 0 saturated carbocycles. The number of carbonyl (C=O) groups is 1. The van der Waals surface area contributed by atoms with Gasteiger partial charge in [0.15, 0.2) is 0 Å². The van der Waals surface area contributed by atoms with Crippen molar-refractivity contribution in [2.24, 2.45) is 0 Å². The van der Waals surface area contributed by atoms with E-state index in [1.807, 2.05) is 71.4 Å². The van der Waals surface area contributed by atoms with E-state index in [1.165, 1.54) is 14.2 Å². The summed E-state index contributed by atoms with van der Waals surface area (Å²) in [5.74, 6) is -1.62. The zero-order valence-electron chi connectivity index (χ0n) is 13.7. The van der Waals surface area contributed by atoms with Gasteiger partial charge in [-0.2, -0.15) is 11.3 Å². The van der Waals surface area contributed by atoms with Gasteiger partial charge in [-0.1, -0.05) is 72.8 Å².